The Kier molecular flexibility index (Phi) is 5.29. The average Bonchev–Trinajstić information content (AvgIpc) is 3.09. The van der Waals surface area contributed by atoms with Gasteiger partial charge in [0.25, 0.3) is 0 Å². The van der Waals surface area contributed by atoms with Gasteiger partial charge in [-0.25, -0.2) is 8.42 Å². The number of hydrogen-bond acceptors (Lipinski definition) is 5. The van der Waals surface area contributed by atoms with E-state index in [4.69, 9.17) is 0 Å². The molecule has 2 amide bonds. The number of carbonyl (C=O) groups excluding carboxylic acids is 2. The van der Waals surface area contributed by atoms with Gasteiger partial charge in [-0.05, 0) is 44.7 Å². The lowest BCUT2D eigenvalue weighted by Crippen LogP contribution is -2.53. The first kappa shape index (κ1) is 20.2. The third-order valence-electron chi connectivity index (χ3n) is 6.22. The lowest BCUT2D eigenvalue weighted by atomic mass is 9.92. The van der Waals surface area contributed by atoms with Crippen LogP contribution in [0.4, 0.5) is 5.69 Å². The van der Waals surface area contributed by atoms with Crippen molar-refractivity contribution >= 4 is 27.5 Å². The first-order chi connectivity index (χ1) is 13.8. The van der Waals surface area contributed by atoms with E-state index in [9.17, 15) is 18.0 Å². The van der Waals surface area contributed by atoms with Crippen molar-refractivity contribution in [3.63, 3.8) is 0 Å². The highest BCUT2D eigenvalue weighted by Gasteiger charge is 2.40. The Morgan fingerprint density at radius 1 is 1.17 bits per heavy atom. The lowest BCUT2D eigenvalue weighted by molar-refractivity contribution is -0.137. The molecule has 3 heterocycles. The smallest absolute Gasteiger partial charge is 0.244 e. The van der Waals surface area contributed by atoms with Crippen LogP contribution in [0, 0.1) is 11.8 Å². The topological polar surface area (TPSA) is 98.8 Å². The molecule has 29 heavy (non-hydrogen) atoms. The van der Waals surface area contributed by atoms with Gasteiger partial charge in [-0.3, -0.25) is 9.59 Å². The Morgan fingerprint density at radius 2 is 1.86 bits per heavy atom. The third-order valence-corrected chi connectivity index (χ3v) is 7.72. The number of sulfonamides is 1. The van der Waals surface area contributed by atoms with E-state index < -0.39 is 10.0 Å². The van der Waals surface area contributed by atoms with Crippen LogP contribution < -0.4 is 10.0 Å². The van der Waals surface area contributed by atoms with Crippen LogP contribution in [0.2, 0.25) is 0 Å². The molecule has 4 rings (SSSR count). The first-order valence-electron chi connectivity index (χ1n) is 10.2. The average molecular weight is 421 g/mol. The second-order valence-electron chi connectivity index (χ2n) is 8.44. The molecule has 0 bridgehead atoms. The lowest BCUT2D eigenvalue weighted by Gasteiger charge is -2.39. The molecule has 3 aliphatic rings. The Balaban J connectivity index is 1.37. The predicted molar refractivity (Wildman–Crippen MR) is 108 cm³/mol. The summed E-state index contributed by atoms with van der Waals surface area (Å²) in [7, 11) is -3.54. The molecule has 3 aliphatic heterocycles. The number of nitrogens with one attached hydrogen (secondary N) is 2. The quantitative estimate of drug-likeness (QED) is 0.766. The van der Waals surface area contributed by atoms with Crippen molar-refractivity contribution in [3.8, 4) is 0 Å². The minimum absolute atomic E-state index is 0.0440. The van der Waals surface area contributed by atoms with Crippen LogP contribution in [0.15, 0.2) is 29.2 Å². The molecule has 9 heteroatoms. The molecule has 0 aliphatic carbocycles. The molecule has 0 radical (unpaired) electrons. The van der Waals surface area contributed by atoms with Gasteiger partial charge in [0.2, 0.25) is 21.8 Å². The maximum Gasteiger partial charge on any atom is 0.244 e. The van der Waals surface area contributed by atoms with Crippen molar-refractivity contribution < 1.29 is 18.0 Å². The van der Waals surface area contributed by atoms with Crippen molar-refractivity contribution in [3.05, 3.63) is 24.3 Å². The van der Waals surface area contributed by atoms with Crippen molar-refractivity contribution in [1.82, 2.24) is 14.5 Å². The van der Waals surface area contributed by atoms with Crippen LogP contribution in [-0.2, 0) is 19.6 Å². The molecule has 0 spiro atoms. The van der Waals surface area contributed by atoms with Gasteiger partial charge in [-0.15, -0.1) is 0 Å². The Hall–Kier alpha value is -2.13. The van der Waals surface area contributed by atoms with Crippen LogP contribution in [0.3, 0.4) is 0 Å². The minimum atomic E-state index is -3.54. The molecular weight excluding hydrogens is 392 g/mol. The molecule has 2 N–H and O–H groups in total. The Bertz CT molecular complexity index is 909. The maximum absolute atomic E-state index is 12.9. The highest BCUT2D eigenvalue weighted by atomic mass is 32.2. The number of fused-ring (bicyclic) bond motifs is 1. The van der Waals surface area contributed by atoms with E-state index in [1.54, 1.807) is 23.1 Å². The number of nitrogens with zero attached hydrogens (tertiary/aromatic N) is 2. The minimum Gasteiger partial charge on any atom is -0.368 e. The van der Waals surface area contributed by atoms with E-state index >= 15 is 0 Å². The number of piperidine rings is 1. The number of rotatable bonds is 3. The van der Waals surface area contributed by atoms with E-state index in [1.165, 1.54) is 0 Å². The normalized spacial score (nSPS) is 27.1. The third kappa shape index (κ3) is 3.85. The fourth-order valence-corrected chi connectivity index (χ4v) is 5.96. The van der Waals surface area contributed by atoms with E-state index in [2.05, 4.69) is 10.0 Å². The summed E-state index contributed by atoms with van der Waals surface area (Å²) in [6, 6.07) is 6.99. The van der Waals surface area contributed by atoms with Crippen molar-refractivity contribution in [2.45, 2.75) is 50.2 Å². The number of para-hydroxylation sites is 1. The highest BCUT2D eigenvalue weighted by Crippen LogP contribution is 2.31. The van der Waals surface area contributed by atoms with E-state index in [-0.39, 0.29) is 47.2 Å². The number of benzene rings is 1. The van der Waals surface area contributed by atoms with Crippen LogP contribution in [0.25, 0.3) is 0 Å². The summed E-state index contributed by atoms with van der Waals surface area (Å²) in [5.41, 5.74) is 0.619. The van der Waals surface area contributed by atoms with Crippen molar-refractivity contribution in [1.29, 1.82) is 0 Å². The van der Waals surface area contributed by atoms with Gasteiger partial charge in [0.1, 0.15) is 4.90 Å². The van der Waals surface area contributed by atoms with E-state index in [0.717, 1.165) is 0 Å². The second kappa shape index (κ2) is 7.60. The zero-order valence-electron chi connectivity index (χ0n) is 16.8. The SMILES string of the molecule is CC(C)N1CC(C(=O)N2CCC(C3Nc4ccccc4S(=O)(=O)N3)CC2)CC1=O. The summed E-state index contributed by atoms with van der Waals surface area (Å²) in [5.74, 6) is -0.0746. The highest BCUT2D eigenvalue weighted by molar-refractivity contribution is 7.89. The summed E-state index contributed by atoms with van der Waals surface area (Å²) in [6.45, 7) is 5.59. The zero-order chi connectivity index (χ0) is 20.8. The Labute approximate surface area is 171 Å². The summed E-state index contributed by atoms with van der Waals surface area (Å²) >= 11 is 0. The van der Waals surface area contributed by atoms with E-state index in [1.807, 2.05) is 24.8 Å². The molecule has 0 saturated carbocycles. The molecule has 1 aromatic rings. The van der Waals surface area contributed by atoms with Crippen molar-refractivity contribution in [2.24, 2.45) is 11.8 Å². The van der Waals surface area contributed by atoms with Crippen LogP contribution >= 0.6 is 0 Å². The number of amides is 2. The number of likely N-dealkylation sites (tertiary alicyclic amines) is 2. The summed E-state index contributed by atoms with van der Waals surface area (Å²) < 4.78 is 27.8. The van der Waals surface area contributed by atoms with Crippen LogP contribution in [-0.4, -0.2) is 61.9 Å². The molecule has 0 aromatic heterocycles. The standard InChI is InChI=1S/C20H28N4O4S/c1-13(2)24-12-15(11-18(24)25)20(26)23-9-7-14(8-10-23)19-21-16-5-3-4-6-17(16)29(27,28)22-19/h3-6,13-15,19,21-22H,7-12H2,1-2H3. The molecule has 2 unspecified atom stereocenters. The second-order valence-corrected chi connectivity index (χ2v) is 10.1. The van der Waals surface area contributed by atoms with Gasteiger partial charge in [0.15, 0.2) is 0 Å². The van der Waals surface area contributed by atoms with E-state index in [0.29, 0.717) is 38.2 Å². The number of hydrogen-bond donors (Lipinski definition) is 2. The fourth-order valence-electron chi connectivity index (χ4n) is 4.57. The largest absolute Gasteiger partial charge is 0.368 e. The molecule has 1 aromatic carbocycles. The fraction of sp³-hybridized carbons (Fsp3) is 0.600. The summed E-state index contributed by atoms with van der Waals surface area (Å²) in [4.78, 5) is 28.9. The zero-order valence-corrected chi connectivity index (χ0v) is 17.6. The predicted octanol–water partition coefficient (Wildman–Crippen LogP) is 1.21. The van der Waals surface area contributed by atoms with Crippen LogP contribution in [0.5, 0.6) is 0 Å². The molecular formula is C20H28N4O4S. The summed E-state index contributed by atoms with van der Waals surface area (Å²) in [5, 5.41) is 3.30. The van der Waals surface area contributed by atoms with Gasteiger partial charge < -0.3 is 15.1 Å². The first-order valence-corrected chi connectivity index (χ1v) is 11.7. The molecule has 2 fully saturated rings. The maximum atomic E-state index is 12.9. The number of carbonyl (C=O) groups is 2. The molecule has 158 valence electrons. The van der Waals surface area contributed by atoms with Gasteiger partial charge >= 0.3 is 0 Å². The van der Waals surface area contributed by atoms with Gasteiger partial charge in [0, 0.05) is 32.1 Å². The molecule has 2 saturated heterocycles. The molecule has 2 atom stereocenters. The molecule has 8 nitrogen and oxygen atoms in total. The summed E-state index contributed by atoms with van der Waals surface area (Å²) in [6.07, 6.45) is 1.33. The van der Waals surface area contributed by atoms with Gasteiger partial charge in [-0.1, -0.05) is 12.1 Å². The van der Waals surface area contributed by atoms with Crippen molar-refractivity contribution in [2.75, 3.05) is 25.0 Å². The monoisotopic (exact) mass is 420 g/mol. The van der Waals surface area contributed by atoms with Gasteiger partial charge in [0.05, 0.1) is 17.8 Å². The Morgan fingerprint density at radius 3 is 2.52 bits per heavy atom. The van der Waals surface area contributed by atoms with Crippen LogP contribution in [0.1, 0.15) is 33.1 Å². The van der Waals surface area contributed by atoms with Gasteiger partial charge in [-0.2, -0.15) is 4.72 Å². The number of anilines is 1.